The molecule has 0 atom stereocenters. The molecule has 0 aliphatic carbocycles. The third-order valence-corrected chi connectivity index (χ3v) is 5.30. The van der Waals surface area contributed by atoms with Gasteiger partial charge in [0, 0.05) is 16.3 Å². The summed E-state index contributed by atoms with van der Waals surface area (Å²) in [5, 5.41) is 3.30. The Balaban J connectivity index is 1.72. The number of rotatable bonds is 11. The zero-order valence-electron chi connectivity index (χ0n) is 20.3. The SMILES string of the molecule is COc1ccc(/C=C/C(=O)c2cc(OC)c(OC)c(OC)c2)cc1OCC(=O)Nc1ccc(Cl)cc1. The van der Waals surface area contributed by atoms with Crippen molar-refractivity contribution in [3.05, 3.63) is 76.8 Å². The molecule has 3 rings (SSSR count). The molecule has 0 spiro atoms. The molecule has 188 valence electrons. The highest BCUT2D eigenvalue weighted by atomic mass is 35.5. The van der Waals surface area contributed by atoms with Gasteiger partial charge >= 0.3 is 0 Å². The Morgan fingerprint density at radius 1 is 0.806 bits per heavy atom. The number of ketones is 1. The Morgan fingerprint density at radius 2 is 1.44 bits per heavy atom. The van der Waals surface area contributed by atoms with Crippen LogP contribution in [0.2, 0.25) is 5.02 Å². The van der Waals surface area contributed by atoms with Gasteiger partial charge in [-0.15, -0.1) is 0 Å². The van der Waals surface area contributed by atoms with Crippen molar-refractivity contribution in [2.45, 2.75) is 0 Å². The molecule has 0 bridgehead atoms. The number of carbonyl (C=O) groups excluding carboxylic acids is 2. The maximum absolute atomic E-state index is 12.8. The molecule has 36 heavy (non-hydrogen) atoms. The second-order valence-corrected chi connectivity index (χ2v) is 7.80. The van der Waals surface area contributed by atoms with Gasteiger partial charge in [0.25, 0.3) is 5.91 Å². The molecule has 0 saturated heterocycles. The molecule has 0 aromatic heterocycles. The first-order valence-electron chi connectivity index (χ1n) is 10.8. The summed E-state index contributed by atoms with van der Waals surface area (Å²) < 4.78 is 26.9. The van der Waals surface area contributed by atoms with Gasteiger partial charge in [-0.05, 0) is 60.2 Å². The number of halogens is 1. The summed E-state index contributed by atoms with van der Waals surface area (Å²) >= 11 is 5.86. The summed E-state index contributed by atoms with van der Waals surface area (Å²) in [6, 6.07) is 15.0. The number of hydrogen-bond donors (Lipinski definition) is 1. The summed E-state index contributed by atoms with van der Waals surface area (Å²) in [6.07, 6.45) is 3.05. The molecule has 8 nitrogen and oxygen atoms in total. The van der Waals surface area contributed by atoms with Gasteiger partial charge in [0.1, 0.15) is 0 Å². The fourth-order valence-electron chi connectivity index (χ4n) is 3.27. The number of methoxy groups -OCH3 is 4. The lowest BCUT2D eigenvalue weighted by Gasteiger charge is -2.13. The van der Waals surface area contributed by atoms with Crippen molar-refractivity contribution < 1.29 is 33.3 Å². The summed E-state index contributed by atoms with van der Waals surface area (Å²) in [7, 11) is 5.96. The second kappa shape index (κ2) is 12.5. The van der Waals surface area contributed by atoms with E-state index < -0.39 is 0 Å². The average molecular weight is 512 g/mol. The van der Waals surface area contributed by atoms with Gasteiger partial charge in [0.05, 0.1) is 28.4 Å². The summed E-state index contributed by atoms with van der Waals surface area (Å²) in [6.45, 7) is -0.240. The monoisotopic (exact) mass is 511 g/mol. The van der Waals surface area contributed by atoms with Gasteiger partial charge < -0.3 is 29.0 Å². The lowest BCUT2D eigenvalue weighted by atomic mass is 10.1. The van der Waals surface area contributed by atoms with E-state index in [9.17, 15) is 9.59 Å². The van der Waals surface area contributed by atoms with Crippen LogP contribution in [0, 0.1) is 0 Å². The minimum atomic E-state index is -0.349. The van der Waals surface area contributed by atoms with Crippen LogP contribution in [0.15, 0.2) is 60.7 Å². The molecule has 0 fully saturated rings. The first kappa shape index (κ1) is 26.4. The zero-order chi connectivity index (χ0) is 26.1. The van der Waals surface area contributed by atoms with E-state index in [4.69, 9.17) is 35.3 Å². The van der Waals surface area contributed by atoms with Gasteiger partial charge in [-0.3, -0.25) is 9.59 Å². The molecular formula is C27H26ClNO7. The van der Waals surface area contributed by atoms with Crippen molar-refractivity contribution in [3.63, 3.8) is 0 Å². The van der Waals surface area contributed by atoms with Gasteiger partial charge in [-0.2, -0.15) is 0 Å². The highest BCUT2D eigenvalue weighted by Gasteiger charge is 2.16. The molecule has 0 radical (unpaired) electrons. The summed E-state index contributed by atoms with van der Waals surface area (Å²) in [4.78, 5) is 25.1. The lowest BCUT2D eigenvalue weighted by Crippen LogP contribution is -2.20. The zero-order valence-corrected chi connectivity index (χ0v) is 21.0. The van der Waals surface area contributed by atoms with Gasteiger partial charge in [-0.1, -0.05) is 23.7 Å². The van der Waals surface area contributed by atoms with Crippen LogP contribution in [-0.2, 0) is 4.79 Å². The van der Waals surface area contributed by atoms with E-state index in [1.807, 2.05) is 0 Å². The smallest absolute Gasteiger partial charge is 0.262 e. The van der Waals surface area contributed by atoms with Crippen molar-refractivity contribution >= 4 is 35.1 Å². The molecule has 0 saturated carbocycles. The number of carbonyl (C=O) groups is 2. The Morgan fingerprint density at radius 3 is 2.03 bits per heavy atom. The molecule has 3 aromatic rings. The predicted octanol–water partition coefficient (Wildman–Crippen LogP) is 5.29. The highest BCUT2D eigenvalue weighted by molar-refractivity contribution is 6.30. The Bertz CT molecular complexity index is 1230. The van der Waals surface area contributed by atoms with E-state index in [0.29, 0.717) is 50.6 Å². The number of benzene rings is 3. The quantitative estimate of drug-likeness (QED) is 0.276. The topological polar surface area (TPSA) is 92.3 Å². The number of amides is 1. The van der Waals surface area contributed by atoms with E-state index in [0.717, 1.165) is 0 Å². The maximum Gasteiger partial charge on any atom is 0.262 e. The van der Waals surface area contributed by atoms with E-state index in [1.54, 1.807) is 60.7 Å². The summed E-state index contributed by atoms with van der Waals surface area (Å²) in [5.74, 6) is 1.34. The molecule has 0 heterocycles. The van der Waals surface area contributed by atoms with Crippen molar-refractivity contribution in [2.75, 3.05) is 40.4 Å². The second-order valence-electron chi connectivity index (χ2n) is 7.37. The largest absolute Gasteiger partial charge is 0.493 e. The average Bonchev–Trinajstić information content (AvgIpc) is 2.90. The molecule has 0 unspecified atom stereocenters. The predicted molar refractivity (Wildman–Crippen MR) is 138 cm³/mol. The van der Waals surface area contributed by atoms with Crippen molar-refractivity contribution in [1.29, 1.82) is 0 Å². The fraction of sp³-hybridized carbons (Fsp3) is 0.185. The first-order chi connectivity index (χ1) is 17.4. The number of hydrogen-bond acceptors (Lipinski definition) is 7. The number of ether oxygens (including phenoxy) is 5. The third-order valence-electron chi connectivity index (χ3n) is 5.05. The van der Waals surface area contributed by atoms with Gasteiger partial charge in [-0.25, -0.2) is 0 Å². The first-order valence-corrected chi connectivity index (χ1v) is 11.1. The van der Waals surface area contributed by atoms with Crippen LogP contribution in [-0.4, -0.2) is 46.7 Å². The highest BCUT2D eigenvalue weighted by Crippen LogP contribution is 2.38. The number of allylic oxidation sites excluding steroid dienone is 1. The molecule has 1 N–H and O–H groups in total. The van der Waals surface area contributed by atoms with Crippen LogP contribution in [0.5, 0.6) is 28.7 Å². The summed E-state index contributed by atoms with van der Waals surface area (Å²) in [5.41, 5.74) is 1.64. The standard InChI is InChI=1S/C27H26ClNO7/c1-32-22-12-6-17(13-23(22)36-16-26(31)29-20-9-7-19(28)8-10-20)5-11-21(30)18-14-24(33-2)27(35-4)25(15-18)34-3/h5-15H,16H2,1-4H3,(H,29,31)/b11-5+. The van der Waals surface area contributed by atoms with Crippen LogP contribution >= 0.6 is 11.6 Å². The molecule has 1 amide bonds. The molecule has 3 aromatic carbocycles. The molecule has 9 heteroatoms. The number of anilines is 1. The van der Waals surface area contributed by atoms with Crippen molar-refractivity contribution in [1.82, 2.24) is 0 Å². The van der Waals surface area contributed by atoms with Crippen molar-refractivity contribution in [2.24, 2.45) is 0 Å². The Labute approximate surface area is 214 Å². The van der Waals surface area contributed by atoms with Gasteiger partial charge in [0.15, 0.2) is 35.4 Å². The van der Waals surface area contributed by atoms with Crippen LogP contribution in [0.25, 0.3) is 6.08 Å². The Kier molecular flexibility index (Phi) is 9.19. The van der Waals surface area contributed by atoms with E-state index in [-0.39, 0.29) is 18.3 Å². The van der Waals surface area contributed by atoms with Gasteiger partial charge in [0.2, 0.25) is 5.75 Å². The molecule has 0 aliphatic rings. The third kappa shape index (κ3) is 6.70. The normalized spacial score (nSPS) is 10.6. The minimum Gasteiger partial charge on any atom is -0.493 e. The Hall–Kier alpha value is -4.17. The van der Waals surface area contributed by atoms with E-state index in [1.165, 1.54) is 34.5 Å². The van der Waals surface area contributed by atoms with E-state index in [2.05, 4.69) is 5.32 Å². The molecular weight excluding hydrogens is 486 g/mol. The van der Waals surface area contributed by atoms with Crippen LogP contribution in [0.3, 0.4) is 0 Å². The lowest BCUT2D eigenvalue weighted by molar-refractivity contribution is -0.118. The van der Waals surface area contributed by atoms with E-state index >= 15 is 0 Å². The number of nitrogens with one attached hydrogen (secondary N) is 1. The van der Waals surface area contributed by atoms with Crippen LogP contribution in [0.4, 0.5) is 5.69 Å². The van der Waals surface area contributed by atoms with Crippen LogP contribution < -0.4 is 29.0 Å². The maximum atomic E-state index is 12.8. The molecule has 0 aliphatic heterocycles. The van der Waals surface area contributed by atoms with Crippen LogP contribution in [0.1, 0.15) is 15.9 Å². The minimum absolute atomic E-state index is 0.240. The van der Waals surface area contributed by atoms with Crippen molar-refractivity contribution in [3.8, 4) is 28.7 Å². The fourth-order valence-corrected chi connectivity index (χ4v) is 3.40.